The number of nitrogens with one attached hydrogen (secondary N) is 1. The number of imidazole rings is 1. The first-order valence-electron chi connectivity index (χ1n) is 12.2. The van der Waals surface area contributed by atoms with Crippen LogP contribution in [0.25, 0.3) is 16.9 Å². The molecular weight excluding hydrogens is 448 g/mol. The molecule has 2 fully saturated rings. The molecule has 2 aromatic heterocycles. The third kappa shape index (κ3) is 5.36. The summed E-state index contributed by atoms with van der Waals surface area (Å²) in [7, 11) is 1.48. The first-order chi connectivity index (χ1) is 17.0. The van der Waals surface area contributed by atoms with Crippen LogP contribution in [0.2, 0.25) is 0 Å². The number of amides is 1. The molecule has 3 aromatic rings. The third-order valence-electron chi connectivity index (χ3n) is 6.58. The fraction of sp³-hybridized carbons (Fsp3) is 0.462. The average molecular weight is 481 g/mol. The number of carbonyl (C=O) groups excluding carboxylic acids is 1. The number of carbonyl (C=O) groups is 1. The zero-order chi connectivity index (χ0) is 24.4. The Kier molecular flexibility index (Phi) is 6.79. The molecule has 0 radical (unpaired) electrons. The molecule has 9 nitrogen and oxygen atoms in total. The van der Waals surface area contributed by atoms with Gasteiger partial charge < -0.3 is 29.9 Å². The highest BCUT2D eigenvalue weighted by Crippen LogP contribution is 2.35. The van der Waals surface area contributed by atoms with Gasteiger partial charge in [0.2, 0.25) is 0 Å². The molecule has 0 bridgehead atoms. The van der Waals surface area contributed by atoms with E-state index in [1.165, 1.54) is 26.4 Å². The van der Waals surface area contributed by atoms with Crippen molar-refractivity contribution in [2.45, 2.75) is 44.2 Å². The van der Waals surface area contributed by atoms with E-state index in [9.17, 15) is 15.0 Å². The molecule has 35 heavy (non-hydrogen) atoms. The number of aromatic hydroxyl groups is 1. The molecule has 1 unspecified atom stereocenters. The van der Waals surface area contributed by atoms with Crippen LogP contribution in [0.5, 0.6) is 17.2 Å². The van der Waals surface area contributed by atoms with E-state index in [4.69, 9.17) is 9.47 Å². The number of hydrogen-bond acceptors (Lipinski definition) is 7. The number of aliphatic hydroxyl groups is 1. The van der Waals surface area contributed by atoms with Gasteiger partial charge in [-0.1, -0.05) is 6.42 Å². The van der Waals surface area contributed by atoms with Crippen molar-refractivity contribution in [3.05, 3.63) is 42.2 Å². The minimum atomic E-state index is -0.550. The number of hydrogen-bond donors (Lipinski definition) is 3. The monoisotopic (exact) mass is 480 g/mol. The number of nitrogens with zero attached hydrogens (tertiary/aromatic N) is 3. The van der Waals surface area contributed by atoms with Crippen LogP contribution in [0.1, 0.15) is 42.5 Å². The Morgan fingerprint density at radius 2 is 2.03 bits per heavy atom. The summed E-state index contributed by atoms with van der Waals surface area (Å²) in [6.45, 7) is 2.91. The number of benzene rings is 1. The van der Waals surface area contributed by atoms with Crippen molar-refractivity contribution < 1.29 is 24.5 Å². The second kappa shape index (κ2) is 10.1. The third-order valence-corrected chi connectivity index (χ3v) is 6.58. The summed E-state index contributed by atoms with van der Waals surface area (Å²) in [6.07, 6.45) is 8.53. The average Bonchev–Trinajstić information content (AvgIpc) is 3.57. The van der Waals surface area contributed by atoms with Gasteiger partial charge >= 0.3 is 0 Å². The van der Waals surface area contributed by atoms with Crippen molar-refractivity contribution in [1.82, 2.24) is 19.6 Å². The minimum Gasteiger partial charge on any atom is -0.507 e. The zero-order valence-corrected chi connectivity index (χ0v) is 19.9. The van der Waals surface area contributed by atoms with Crippen LogP contribution in [0, 0.1) is 0 Å². The van der Waals surface area contributed by atoms with Crippen LogP contribution in [0.4, 0.5) is 0 Å². The lowest BCUT2D eigenvalue weighted by molar-refractivity contribution is 0.0617. The number of piperidine rings is 1. The van der Waals surface area contributed by atoms with Gasteiger partial charge in [-0.2, -0.15) is 0 Å². The van der Waals surface area contributed by atoms with Crippen molar-refractivity contribution >= 4 is 11.6 Å². The summed E-state index contributed by atoms with van der Waals surface area (Å²) in [4.78, 5) is 19.3. The number of rotatable bonds is 9. The molecule has 186 valence electrons. The summed E-state index contributed by atoms with van der Waals surface area (Å²) >= 11 is 0. The van der Waals surface area contributed by atoms with E-state index in [0.717, 1.165) is 31.6 Å². The number of fused-ring (bicyclic) bond motifs is 1. The van der Waals surface area contributed by atoms with Crippen LogP contribution in [-0.2, 0) is 0 Å². The number of aliphatic hydroxyl groups excluding tert-OH is 1. The molecule has 3 heterocycles. The summed E-state index contributed by atoms with van der Waals surface area (Å²) in [6, 6.07) is 7.08. The quantitative estimate of drug-likeness (QED) is 0.432. The van der Waals surface area contributed by atoms with E-state index in [2.05, 4.69) is 15.2 Å². The van der Waals surface area contributed by atoms with Gasteiger partial charge in [0.25, 0.3) is 5.91 Å². The van der Waals surface area contributed by atoms with Gasteiger partial charge in [-0.3, -0.25) is 9.20 Å². The van der Waals surface area contributed by atoms with Crippen LogP contribution in [0.3, 0.4) is 0 Å². The van der Waals surface area contributed by atoms with Crippen LogP contribution in [-0.4, -0.2) is 75.9 Å². The molecule has 1 saturated carbocycles. The molecule has 9 heteroatoms. The van der Waals surface area contributed by atoms with Crippen LogP contribution < -0.4 is 14.8 Å². The second-order valence-electron chi connectivity index (χ2n) is 9.38. The maximum Gasteiger partial charge on any atom is 0.259 e. The molecule has 1 amide bonds. The van der Waals surface area contributed by atoms with E-state index >= 15 is 0 Å². The Hall–Kier alpha value is -3.30. The molecule has 1 aliphatic carbocycles. The van der Waals surface area contributed by atoms with Gasteiger partial charge in [-0.15, -0.1) is 0 Å². The van der Waals surface area contributed by atoms with E-state index in [0.29, 0.717) is 29.3 Å². The number of β-amino-alcohol motifs (C(OH)–C–C–N with tert-alkyl or cyclic N) is 1. The standard InChI is InChI=1S/C26H32N4O5/c1-34-23-12-17(11-22(32)25(23)26(33)28-18-5-6-18)21-14-27-24-13-20(7-10-30(21)24)35-16-19(31)15-29-8-3-2-4-9-29/h7,10-14,18-19,31-32H,2-6,8-9,15-16H2,1H3,(H,28,33). The molecule has 1 aliphatic heterocycles. The normalized spacial score (nSPS) is 17.3. The number of likely N-dealkylation sites (tertiary alicyclic amines) is 1. The van der Waals surface area contributed by atoms with Crippen molar-refractivity contribution in [1.29, 1.82) is 0 Å². The highest BCUT2D eigenvalue weighted by molar-refractivity contribution is 6.00. The molecule has 1 saturated heterocycles. The first-order valence-corrected chi connectivity index (χ1v) is 12.2. The highest BCUT2D eigenvalue weighted by Gasteiger charge is 2.27. The molecule has 5 rings (SSSR count). The molecule has 1 atom stereocenters. The Morgan fingerprint density at radius 1 is 1.23 bits per heavy atom. The topological polar surface area (TPSA) is 109 Å². The van der Waals surface area contributed by atoms with E-state index in [1.54, 1.807) is 18.3 Å². The SMILES string of the molecule is COc1cc(-c2cnc3cc(OCC(O)CN4CCCCC4)ccn23)cc(O)c1C(=O)NC1CC1. The second-order valence-corrected chi connectivity index (χ2v) is 9.38. The van der Waals surface area contributed by atoms with Gasteiger partial charge in [0.1, 0.15) is 41.2 Å². The Balaban J connectivity index is 1.30. The van der Waals surface area contributed by atoms with E-state index in [1.807, 2.05) is 22.7 Å². The number of pyridine rings is 1. The number of ether oxygens (including phenoxy) is 2. The van der Waals surface area contributed by atoms with E-state index in [-0.39, 0.29) is 29.9 Å². The van der Waals surface area contributed by atoms with Crippen molar-refractivity contribution in [3.8, 4) is 28.5 Å². The lowest BCUT2D eigenvalue weighted by Crippen LogP contribution is -2.38. The number of phenolic OH excluding ortho intramolecular Hbond substituents is 1. The van der Waals surface area contributed by atoms with Crippen molar-refractivity contribution in [2.24, 2.45) is 0 Å². The van der Waals surface area contributed by atoms with E-state index < -0.39 is 6.10 Å². The van der Waals surface area contributed by atoms with Crippen LogP contribution >= 0.6 is 0 Å². The lowest BCUT2D eigenvalue weighted by atomic mass is 10.1. The molecule has 0 spiro atoms. The maximum atomic E-state index is 12.6. The molecule has 2 aliphatic rings. The smallest absolute Gasteiger partial charge is 0.259 e. The largest absolute Gasteiger partial charge is 0.507 e. The lowest BCUT2D eigenvalue weighted by Gasteiger charge is -2.28. The Bertz CT molecular complexity index is 1200. The number of aromatic nitrogens is 2. The maximum absolute atomic E-state index is 12.6. The zero-order valence-electron chi connectivity index (χ0n) is 19.9. The predicted molar refractivity (Wildman–Crippen MR) is 131 cm³/mol. The van der Waals surface area contributed by atoms with Crippen molar-refractivity contribution in [3.63, 3.8) is 0 Å². The summed E-state index contributed by atoms with van der Waals surface area (Å²) < 4.78 is 13.1. The number of phenols is 1. The highest BCUT2D eigenvalue weighted by atomic mass is 16.5. The van der Waals surface area contributed by atoms with Gasteiger partial charge in [-0.25, -0.2) is 4.98 Å². The van der Waals surface area contributed by atoms with Gasteiger partial charge in [-0.05, 0) is 57.0 Å². The molecular formula is C26H32N4O5. The molecule has 1 aromatic carbocycles. The van der Waals surface area contributed by atoms with Gasteiger partial charge in [0.05, 0.1) is 19.0 Å². The summed E-state index contributed by atoms with van der Waals surface area (Å²) in [5.74, 6) is 0.446. The van der Waals surface area contributed by atoms with Crippen LogP contribution in [0.15, 0.2) is 36.7 Å². The summed E-state index contributed by atoms with van der Waals surface area (Å²) in [5, 5.41) is 23.9. The Morgan fingerprint density at radius 3 is 2.77 bits per heavy atom. The first kappa shape index (κ1) is 23.4. The van der Waals surface area contributed by atoms with Gasteiger partial charge in [0, 0.05) is 30.4 Å². The fourth-order valence-corrected chi connectivity index (χ4v) is 4.57. The predicted octanol–water partition coefficient (Wildman–Crippen LogP) is 2.83. The van der Waals surface area contributed by atoms with Gasteiger partial charge in [0.15, 0.2) is 0 Å². The fourth-order valence-electron chi connectivity index (χ4n) is 4.57. The number of methoxy groups -OCH3 is 1. The Labute approximate surface area is 204 Å². The summed E-state index contributed by atoms with van der Waals surface area (Å²) in [5.41, 5.74) is 2.20. The molecule has 3 N–H and O–H groups in total. The minimum absolute atomic E-state index is 0.135. The van der Waals surface area contributed by atoms with Crippen molar-refractivity contribution in [2.75, 3.05) is 33.4 Å².